The standard InChI is InChI=1S/C24H28N2O4/c1-18(2)14-26(24(28)22-10-7-13-29-22)17-23(27)25(15-20-8-5-4-6-9-20)16-21-12-11-19(3)30-21/h4-13,18H,14-17H2,1-3H3. The minimum atomic E-state index is -0.282. The zero-order chi connectivity index (χ0) is 21.5. The first-order valence-electron chi connectivity index (χ1n) is 10.1. The van der Waals surface area contributed by atoms with Crippen molar-refractivity contribution in [3.8, 4) is 0 Å². The molecule has 0 N–H and O–H groups in total. The molecule has 0 saturated heterocycles. The van der Waals surface area contributed by atoms with Crippen LogP contribution in [0.4, 0.5) is 0 Å². The van der Waals surface area contributed by atoms with Gasteiger partial charge in [-0.2, -0.15) is 0 Å². The number of rotatable bonds is 9. The highest BCUT2D eigenvalue weighted by atomic mass is 16.3. The molecule has 0 atom stereocenters. The fourth-order valence-electron chi connectivity index (χ4n) is 3.27. The van der Waals surface area contributed by atoms with Crippen LogP contribution in [0.3, 0.4) is 0 Å². The lowest BCUT2D eigenvalue weighted by Gasteiger charge is -2.28. The van der Waals surface area contributed by atoms with E-state index in [4.69, 9.17) is 8.83 Å². The molecule has 2 heterocycles. The molecule has 0 radical (unpaired) electrons. The summed E-state index contributed by atoms with van der Waals surface area (Å²) in [5.41, 5.74) is 1.02. The Hall–Kier alpha value is -3.28. The Morgan fingerprint density at radius 3 is 2.30 bits per heavy atom. The van der Waals surface area contributed by atoms with Gasteiger partial charge < -0.3 is 18.6 Å². The SMILES string of the molecule is Cc1ccc(CN(Cc2ccccc2)C(=O)CN(CC(C)C)C(=O)c2ccco2)o1. The van der Waals surface area contributed by atoms with E-state index in [0.717, 1.165) is 11.3 Å². The second kappa shape index (κ2) is 9.96. The van der Waals surface area contributed by atoms with Crippen LogP contribution >= 0.6 is 0 Å². The van der Waals surface area contributed by atoms with Gasteiger partial charge in [-0.3, -0.25) is 9.59 Å². The van der Waals surface area contributed by atoms with E-state index < -0.39 is 0 Å². The highest BCUT2D eigenvalue weighted by molar-refractivity contribution is 5.94. The van der Waals surface area contributed by atoms with Crippen molar-refractivity contribution in [3.05, 3.63) is 83.7 Å². The van der Waals surface area contributed by atoms with E-state index in [9.17, 15) is 9.59 Å². The summed E-state index contributed by atoms with van der Waals surface area (Å²) in [6.45, 7) is 7.12. The highest BCUT2D eigenvalue weighted by Crippen LogP contribution is 2.15. The molecule has 3 rings (SSSR count). The van der Waals surface area contributed by atoms with Crippen molar-refractivity contribution in [2.75, 3.05) is 13.1 Å². The number of aryl methyl sites for hydroxylation is 1. The Kier molecular flexibility index (Phi) is 7.12. The van der Waals surface area contributed by atoms with Gasteiger partial charge in [0.25, 0.3) is 5.91 Å². The van der Waals surface area contributed by atoms with Crippen molar-refractivity contribution >= 4 is 11.8 Å². The molecule has 0 aliphatic carbocycles. The quantitative estimate of drug-likeness (QED) is 0.523. The molecule has 0 unspecified atom stereocenters. The zero-order valence-corrected chi connectivity index (χ0v) is 17.7. The lowest BCUT2D eigenvalue weighted by atomic mass is 10.2. The first kappa shape index (κ1) is 21.4. The molecular weight excluding hydrogens is 380 g/mol. The smallest absolute Gasteiger partial charge is 0.290 e. The maximum atomic E-state index is 13.3. The van der Waals surface area contributed by atoms with Crippen molar-refractivity contribution in [1.29, 1.82) is 0 Å². The molecule has 0 spiro atoms. The molecule has 158 valence electrons. The van der Waals surface area contributed by atoms with Crippen LogP contribution in [-0.4, -0.2) is 34.7 Å². The van der Waals surface area contributed by atoms with Crippen LogP contribution in [0.5, 0.6) is 0 Å². The largest absolute Gasteiger partial charge is 0.464 e. The number of hydrogen-bond acceptors (Lipinski definition) is 4. The average molecular weight is 408 g/mol. The van der Waals surface area contributed by atoms with E-state index in [2.05, 4.69) is 0 Å². The molecule has 0 bridgehead atoms. The fraction of sp³-hybridized carbons (Fsp3) is 0.333. The molecule has 0 saturated carbocycles. The maximum absolute atomic E-state index is 13.3. The minimum Gasteiger partial charge on any atom is -0.464 e. The van der Waals surface area contributed by atoms with Gasteiger partial charge in [-0.05, 0) is 42.7 Å². The van der Waals surface area contributed by atoms with E-state index in [1.54, 1.807) is 21.9 Å². The molecule has 1 aromatic carbocycles. The summed E-state index contributed by atoms with van der Waals surface area (Å²) >= 11 is 0. The molecule has 6 nitrogen and oxygen atoms in total. The summed E-state index contributed by atoms with van der Waals surface area (Å²) < 4.78 is 11.0. The highest BCUT2D eigenvalue weighted by Gasteiger charge is 2.25. The van der Waals surface area contributed by atoms with Crippen LogP contribution in [0, 0.1) is 12.8 Å². The Balaban J connectivity index is 1.79. The van der Waals surface area contributed by atoms with Gasteiger partial charge in [-0.25, -0.2) is 0 Å². The van der Waals surface area contributed by atoms with Crippen molar-refractivity contribution in [3.63, 3.8) is 0 Å². The van der Waals surface area contributed by atoms with Crippen molar-refractivity contribution < 1.29 is 18.4 Å². The first-order chi connectivity index (χ1) is 14.4. The number of amides is 2. The summed E-state index contributed by atoms with van der Waals surface area (Å²) in [6, 6.07) is 16.8. The van der Waals surface area contributed by atoms with Gasteiger partial charge >= 0.3 is 0 Å². The number of carbonyl (C=O) groups is 2. The Labute approximate surface area is 177 Å². The molecule has 6 heteroatoms. The summed E-state index contributed by atoms with van der Waals surface area (Å²) in [5.74, 6) is 1.53. The van der Waals surface area contributed by atoms with E-state index in [1.165, 1.54) is 6.26 Å². The van der Waals surface area contributed by atoms with Crippen molar-refractivity contribution in [1.82, 2.24) is 9.80 Å². The number of benzene rings is 1. The maximum Gasteiger partial charge on any atom is 0.290 e. The number of hydrogen-bond donors (Lipinski definition) is 0. The van der Waals surface area contributed by atoms with Crippen LogP contribution in [0.2, 0.25) is 0 Å². The molecule has 2 amide bonds. The fourth-order valence-corrected chi connectivity index (χ4v) is 3.27. The van der Waals surface area contributed by atoms with Crippen LogP contribution < -0.4 is 0 Å². The third kappa shape index (κ3) is 5.86. The van der Waals surface area contributed by atoms with Crippen LogP contribution in [0.1, 0.15) is 41.5 Å². The summed E-state index contributed by atoms with van der Waals surface area (Å²) in [4.78, 5) is 29.4. The molecule has 0 aliphatic rings. The van der Waals surface area contributed by atoms with Crippen LogP contribution in [0.15, 0.2) is 69.7 Å². The summed E-state index contributed by atoms with van der Waals surface area (Å²) in [7, 11) is 0. The Morgan fingerprint density at radius 1 is 0.933 bits per heavy atom. The third-order valence-corrected chi connectivity index (χ3v) is 4.64. The monoisotopic (exact) mass is 408 g/mol. The second-order valence-corrected chi connectivity index (χ2v) is 7.80. The van der Waals surface area contributed by atoms with E-state index in [-0.39, 0.29) is 30.0 Å². The third-order valence-electron chi connectivity index (χ3n) is 4.64. The lowest BCUT2D eigenvalue weighted by Crippen LogP contribution is -2.43. The summed E-state index contributed by atoms with van der Waals surface area (Å²) in [5, 5.41) is 0. The van der Waals surface area contributed by atoms with E-state index in [1.807, 2.05) is 63.2 Å². The molecule has 0 aliphatic heterocycles. The van der Waals surface area contributed by atoms with Gasteiger partial charge in [-0.1, -0.05) is 44.2 Å². The molecule has 30 heavy (non-hydrogen) atoms. The van der Waals surface area contributed by atoms with Gasteiger partial charge in [0.2, 0.25) is 5.91 Å². The van der Waals surface area contributed by atoms with Crippen LogP contribution in [0.25, 0.3) is 0 Å². The molecule has 3 aromatic rings. The number of furan rings is 2. The minimum absolute atomic E-state index is 0.0236. The van der Waals surface area contributed by atoms with Gasteiger partial charge in [0.1, 0.15) is 18.1 Å². The van der Waals surface area contributed by atoms with E-state index in [0.29, 0.717) is 25.4 Å². The predicted octanol–water partition coefficient (Wildman–Crippen LogP) is 4.51. The van der Waals surface area contributed by atoms with Gasteiger partial charge in [0, 0.05) is 13.1 Å². The Bertz CT molecular complexity index is 945. The topological polar surface area (TPSA) is 66.9 Å². The lowest BCUT2D eigenvalue weighted by molar-refractivity contribution is -0.133. The van der Waals surface area contributed by atoms with Gasteiger partial charge in [0.15, 0.2) is 5.76 Å². The summed E-state index contributed by atoms with van der Waals surface area (Å²) in [6.07, 6.45) is 1.46. The van der Waals surface area contributed by atoms with Crippen molar-refractivity contribution in [2.45, 2.75) is 33.9 Å². The molecule has 2 aromatic heterocycles. The average Bonchev–Trinajstić information content (AvgIpc) is 3.39. The van der Waals surface area contributed by atoms with Gasteiger partial charge in [0.05, 0.1) is 12.8 Å². The van der Waals surface area contributed by atoms with Crippen LogP contribution in [-0.2, 0) is 17.9 Å². The normalized spacial score (nSPS) is 10.9. The number of carbonyl (C=O) groups excluding carboxylic acids is 2. The predicted molar refractivity (Wildman–Crippen MR) is 114 cm³/mol. The molecule has 0 fully saturated rings. The number of nitrogens with zero attached hydrogens (tertiary/aromatic N) is 2. The first-order valence-corrected chi connectivity index (χ1v) is 10.1. The van der Waals surface area contributed by atoms with E-state index >= 15 is 0 Å². The molecular formula is C24H28N2O4. The van der Waals surface area contributed by atoms with Crippen molar-refractivity contribution in [2.24, 2.45) is 5.92 Å². The second-order valence-electron chi connectivity index (χ2n) is 7.80. The van der Waals surface area contributed by atoms with Gasteiger partial charge in [-0.15, -0.1) is 0 Å². The zero-order valence-electron chi connectivity index (χ0n) is 17.7. The Morgan fingerprint density at radius 2 is 1.70 bits per heavy atom.